The lowest BCUT2D eigenvalue weighted by Crippen LogP contribution is -2.34. The fourth-order valence-electron chi connectivity index (χ4n) is 4.59. The second-order valence-electron chi connectivity index (χ2n) is 9.94. The number of benzene rings is 2. The standard InChI is InChI=1S/C27H29NO2S/c1-16-12-21-22(27(5,6)11-10-26(21,3)4)15-20(16)17(2)19-9-7-8-18(13-19)14-23-24(29)28-25(30)31-23/h7-9,12-15H,2,10-11H2,1,3-6H3,(H,28,29,30)/b23-14-. The van der Waals surface area contributed by atoms with Crippen LogP contribution < -0.4 is 5.32 Å². The maximum atomic E-state index is 11.9. The Hall–Kier alpha value is -2.59. The lowest BCUT2D eigenvalue weighted by Gasteiger charge is -2.42. The maximum absolute atomic E-state index is 11.9. The minimum atomic E-state index is -0.338. The first-order valence-electron chi connectivity index (χ1n) is 10.7. The van der Waals surface area contributed by atoms with Gasteiger partial charge in [-0.05, 0) is 93.5 Å². The molecule has 2 amide bonds. The molecule has 0 aromatic heterocycles. The van der Waals surface area contributed by atoms with Crippen LogP contribution in [0.2, 0.25) is 0 Å². The Morgan fingerprint density at radius 2 is 1.68 bits per heavy atom. The van der Waals surface area contributed by atoms with Crippen LogP contribution in [0.1, 0.15) is 73.9 Å². The van der Waals surface area contributed by atoms with Crippen molar-refractivity contribution in [2.75, 3.05) is 0 Å². The highest BCUT2D eigenvalue weighted by molar-refractivity contribution is 8.18. The zero-order chi connectivity index (χ0) is 22.6. The number of hydrogen-bond donors (Lipinski definition) is 1. The predicted molar refractivity (Wildman–Crippen MR) is 130 cm³/mol. The topological polar surface area (TPSA) is 46.2 Å². The molecule has 2 aromatic rings. The number of carbonyl (C=O) groups excluding carboxylic acids is 2. The Balaban J connectivity index is 1.74. The molecule has 0 atom stereocenters. The molecule has 1 N–H and O–H groups in total. The van der Waals surface area contributed by atoms with Crippen molar-refractivity contribution in [2.24, 2.45) is 0 Å². The molecule has 2 aliphatic rings. The zero-order valence-corrected chi connectivity index (χ0v) is 19.7. The van der Waals surface area contributed by atoms with E-state index in [1.807, 2.05) is 24.3 Å². The van der Waals surface area contributed by atoms with Crippen molar-refractivity contribution in [3.05, 3.63) is 81.3 Å². The van der Waals surface area contributed by atoms with E-state index < -0.39 is 0 Å². The molecule has 2 aromatic carbocycles. The second kappa shape index (κ2) is 7.52. The van der Waals surface area contributed by atoms with Crippen molar-refractivity contribution in [3.8, 4) is 0 Å². The van der Waals surface area contributed by atoms with Gasteiger partial charge in [0, 0.05) is 0 Å². The molecule has 31 heavy (non-hydrogen) atoms. The van der Waals surface area contributed by atoms with E-state index >= 15 is 0 Å². The highest BCUT2D eigenvalue weighted by Gasteiger charge is 2.37. The van der Waals surface area contributed by atoms with Gasteiger partial charge in [0.05, 0.1) is 4.91 Å². The zero-order valence-electron chi connectivity index (χ0n) is 18.9. The van der Waals surface area contributed by atoms with E-state index in [1.165, 1.54) is 29.5 Å². The summed E-state index contributed by atoms with van der Waals surface area (Å²) < 4.78 is 0. The highest BCUT2D eigenvalue weighted by atomic mass is 32.2. The Morgan fingerprint density at radius 1 is 1.03 bits per heavy atom. The third-order valence-corrected chi connectivity index (χ3v) is 7.51. The minimum absolute atomic E-state index is 0.138. The third kappa shape index (κ3) is 4.01. The van der Waals surface area contributed by atoms with Gasteiger partial charge in [0.15, 0.2) is 0 Å². The molecular formula is C27H29NO2S. The number of aryl methyl sites for hydroxylation is 1. The SMILES string of the molecule is C=C(c1cccc(/C=C2\SC(=O)NC2=O)c1)c1cc2c(cc1C)C(C)(C)CCC2(C)C. The summed E-state index contributed by atoms with van der Waals surface area (Å²) in [6, 6.07) is 12.7. The summed E-state index contributed by atoms with van der Waals surface area (Å²) >= 11 is 0.936. The van der Waals surface area contributed by atoms with Crippen molar-refractivity contribution in [1.82, 2.24) is 5.32 Å². The number of rotatable bonds is 3. The van der Waals surface area contributed by atoms with Crippen LogP contribution in [0.15, 0.2) is 47.9 Å². The number of amides is 2. The summed E-state index contributed by atoms with van der Waals surface area (Å²) in [6.07, 6.45) is 4.12. The van der Waals surface area contributed by atoms with E-state index in [2.05, 4.69) is 58.6 Å². The Morgan fingerprint density at radius 3 is 2.29 bits per heavy atom. The molecule has 1 fully saturated rings. The van der Waals surface area contributed by atoms with Crippen LogP contribution in [0.4, 0.5) is 4.79 Å². The Kier molecular flexibility index (Phi) is 5.25. The first-order valence-corrected chi connectivity index (χ1v) is 11.5. The van der Waals surface area contributed by atoms with Gasteiger partial charge in [0.25, 0.3) is 11.1 Å². The number of nitrogens with one attached hydrogen (secondary N) is 1. The molecule has 0 spiro atoms. The summed E-state index contributed by atoms with van der Waals surface area (Å²) in [7, 11) is 0. The Labute approximate surface area is 189 Å². The first-order chi connectivity index (χ1) is 14.5. The van der Waals surface area contributed by atoms with Gasteiger partial charge in [-0.1, -0.05) is 64.6 Å². The van der Waals surface area contributed by atoms with Crippen molar-refractivity contribution in [3.63, 3.8) is 0 Å². The molecular weight excluding hydrogens is 402 g/mol. The highest BCUT2D eigenvalue weighted by Crippen LogP contribution is 2.47. The van der Waals surface area contributed by atoms with Gasteiger partial charge >= 0.3 is 0 Å². The van der Waals surface area contributed by atoms with Crippen LogP contribution in [0, 0.1) is 6.92 Å². The number of fused-ring (bicyclic) bond motifs is 1. The molecule has 0 bridgehead atoms. The van der Waals surface area contributed by atoms with Crippen LogP contribution in [0.3, 0.4) is 0 Å². The van der Waals surface area contributed by atoms with Crippen molar-refractivity contribution < 1.29 is 9.59 Å². The van der Waals surface area contributed by atoms with Crippen LogP contribution in [0.5, 0.6) is 0 Å². The molecule has 1 heterocycles. The molecule has 3 nitrogen and oxygen atoms in total. The molecule has 1 saturated heterocycles. The van der Waals surface area contributed by atoms with Gasteiger partial charge in [-0.3, -0.25) is 14.9 Å². The van der Waals surface area contributed by atoms with Gasteiger partial charge in [0.2, 0.25) is 0 Å². The smallest absolute Gasteiger partial charge is 0.282 e. The average Bonchev–Trinajstić information content (AvgIpc) is 3.02. The Bertz CT molecular complexity index is 1150. The molecule has 160 valence electrons. The fourth-order valence-corrected chi connectivity index (χ4v) is 5.27. The van der Waals surface area contributed by atoms with E-state index in [0.717, 1.165) is 34.0 Å². The summed E-state index contributed by atoms with van der Waals surface area (Å²) in [6.45, 7) is 15.9. The second-order valence-corrected chi connectivity index (χ2v) is 11.0. The first kappa shape index (κ1) is 21.6. The molecule has 4 heteroatoms. The monoisotopic (exact) mass is 431 g/mol. The lowest BCUT2D eigenvalue weighted by atomic mass is 9.62. The average molecular weight is 432 g/mol. The lowest BCUT2D eigenvalue weighted by molar-refractivity contribution is -0.115. The number of carbonyl (C=O) groups is 2. The number of thioether (sulfide) groups is 1. The summed E-state index contributed by atoms with van der Waals surface area (Å²) in [5.74, 6) is -0.338. The molecule has 1 aliphatic heterocycles. The summed E-state index contributed by atoms with van der Waals surface area (Å²) in [5, 5.41) is 1.97. The van der Waals surface area contributed by atoms with Crippen molar-refractivity contribution in [2.45, 2.75) is 58.3 Å². The molecule has 0 saturated carbocycles. The van der Waals surface area contributed by atoms with Gasteiger partial charge < -0.3 is 0 Å². The molecule has 1 aliphatic carbocycles. The van der Waals surface area contributed by atoms with Crippen LogP contribution in [-0.2, 0) is 15.6 Å². The molecule has 0 radical (unpaired) electrons. The summed E-state index contributed by atoms with van der Waals surface area (Å²) in [4.78, 5) is 23.7. The van der Waals surface area contributed by atoms with Crippen molar-refractivity contribution >= 4 is 34.6 Å². The van der Waals surface area contributed by atoms with E-state index in [-0.39, 0.29) is 22.0 Å². The molecule has 0 unspecified atom stereocenters. The largest absolute Gasteiger partial charge is 0.290 e. The van der Waals surface area contributed by atoms with Crippen LogP contribution in [0.25, 0.3) is 11.6 Å². The number of imide groups is 1. The summed E-state index contributed by atoms with van der Waals surface area (Å²) in [5.41, 5.74) is 8.44. The fraction of sp³-hybridized carbons (Fsp3) is 0.333. The third-order valence-electron chi connectivity index (χ3n) is 6.70. The van der Waals surface area contributed by atoms with E-state index in [4.69, 9.17) is 0 Å². The van der Waals surface area contributed by atoms with Crippen LogP contribution in [-0.4, -0.2) is 11.1 Å². The van der Waals surface area contributed by atoms with Crippen molar-refractivity contribution in [1.29, 1.82) is 0 Å². The minimum Gasteiger partial charge on any atom is -0.282 e. The van der Waals surface area contributed by atoms with E-state index in [0.29, 0.717) is 4.91 Å². The maximum Gasteiger partial charge on any atom is 0.290 e. The van der Waals surface area contributed by atoms with Gasteiger partial charge in [0.1, 0.15) is 0 Å². The van der Waals surface area contributed by atoms with Gasteiger partial charge in [-0.2, -0.15) is 0 Å². The number of hydrogen-bond acceptors (Lipinski definition) is 3. The van der Waals surface area contributed by atoms with Crippen LogP contribution >= 0.6 is 11.8 Å². The normalized spacial score (nSPS) is 20.5. The van der Waals surface area contributed by atoms with Gasteiger partial charge in [-0.25, -0.2) is 0 Å². The molecule has 4 rings (SSSR count). The van der Waals surface area contributed by atoms with E-state index in [9.17, 15) is 9.59 Å². The van der Waals surface area contributed by atoms with Gasteiger partial charge in [-0.15, -0.1) is 0 Å². The van der Waals surface area contributed by atoms with E-state index in [1.54, 1.807) is 6.08 Å². The predicted octanol–water partition coefficient (Wildman–Crippen LogP) is 6.73. The quantitative estimate of drug-likeness (QED) is 0.548.